The molecule has 2 heterocycles. The van der Waals surface area contributed by atoms with Gasteiger partial charge in [0.05, 0.1) is 11.2 Å². The summed E-state index contributed by atoms with van der Waals surface area (Å²) in [4.78, 5) is 20.1. The highest BCUT2D eigenvalue weighted by molar-refractivity contribution is 7.11. The SMILES string of the molecule is Cc1nc(C(C)(C)NCc2ccc[nH]c2=O)sc1C. The van der Waals surface area contributed by atoms with Crippen LogP contribution in [0.1, 0.15) is 35.0 Å². The topological polar surface area (TPSA) is 57.8 Å². The number of nitrogens with zero attached hydrogens (tertiary/aromatic N) is 1. The lowest BCUT2D eigenvalue weighted by atomic mass is 10.1. The molecule has 0 bridgehead atoms. The van der Waals surface area contributed by atoms with E-state index in [1.165, 1.54) is 4.88 Å². The zero-order chi connectivity index (χ0) is 14.0. The summed E-state index contributed by atoms with van der Waals surface area (Å²) in [5.74, 6) is 0. The van der Waals surface area contributed by atoms with Gasteiger partial charge in [-0.15, -0.1) is 11.3 Å². The van der Waals surface area contributed by atoms with E-state index in [9.17, 15) is 4.79 Å². The molecule has 2 N–H and O–H groups in total. The van der Waals surface area contributed by atoms with Gasteiger partial charge in [-0.05, 0) is 33.8 Å². The minimum absolute atomic E-state index is 0.0442. The second-order valence-electron chi connectivity index (χ2n) is 5.16. The van der Waals surface area contributed by atoms with Gasteiger partial charge in [0.15, 0.2) is 0 Å². The molecule has 5 heteroatoms. The van der Waals surface area contributed by atoms with Gasteiger partial charge >= 0.3 is 0 Å². The van der Waals surface area contributed by atoms with Crippen LogP contribution in [0.5, 0.6) is 0 Å². The third-order valence-electron chi connectivity index (χ3n) is 3.18. The molecular formula is C14H19N3OS. The van der Waals surface area contributed by atoms with Crippen LogP contribution in [0.2, 0.25) is 0 Å². The summed E-state index contributed by atoms with van der Waals surface area (Å²) in [6.45, 7) is 8.80. The van der Waals surface area contributed by atoms with E-state index in [1.54, 1.807) is 17.5 Å². The Kier molecular flexibility index (Phi) is 3.87. The van der Waals surface area contributed by atoms with Crippen LogP contribution in [0.15, 0.2) is 23.1 Å². The molecule has 0 aliphatic rings. The number of thiazole rings is 1. The number of hydrogen-bond acceptors (Lipinski definition) is 4. The fraction of sp³-hybridized carbons (Fsp3) is 0.429. The quantitative estimate of drug-likeness (QED) is 0.902. The second-order valence-corrected chi connectivity index (χ2v) is 6.37. The lowest BCUT2D eigenvalue weighted by molar-refractivity contribution is 0.398. The Morgan fingerprint density at radius 2 is 2.16 bits per heavy atom. The van der Waals surface area contributed by atoms with Crippen molar-refractivity contribution in [3.05, 3.63) is 49.8 Å². The van der Waals surface area contributed by atoms with E-state index >= 15 is 0 Å². The monoisotopic (exact) mass is 277 g/mol. The van der Waals surface area contributed by atoms with Gasteiger partial charge in [-0.1, -0.05) is 6.07 Å². The van der Waals surface area contributed by atoms with Crippen molar-refractivity contribution < 1.29 is 0 Å². The highest BCUT2D eigenvalue weighted by atomic mass is 32.1. The summed E-state index contributed by atoms with van der Waals surface area (Å²) in [5, 5.41) is 4.45. The van der Waals surface area contributed by atoms with Crippen LogP contribution in [0.3, 0.4) is 0 Å². The fourth-order valence-corrected chi connectivity index (χ4v) is 2.72. The van der Waals surface area contributed by atoms with Crippen LogP contribution in [0.25, 0.3) is 0 Å². The molecule has 0 unspecified atom stereocenters. The maximum Gasteiger partial charge on any atom is 0.252 e. The molecule has 0 saturated heterocycles. The van der Waals surface area contributed by atoms with Crippen LogP contribution >= 0.6 is 11.3 Å². The first-order valence-corrected chi connectivity index (χ1v) is 7.08. The number of nitrogens with one attached hydrogen (secondary N) is 2. The molecule has 0 aromatic carbocycles. The first-order chi connectivity index (χ1) is 8.90. The van der Waals surface area contributed by atoms with Crippen molar-refractivity contribution in [2.45, 2.75) is 39.8 Å². The van der Waals surface area contributed by atoms with Crippen LogP contribution in [-0.2, 0) is 12.1 Å². The van der Waals surface area contributed by atoms with Gasteiger partial charge in [-0.2, -0.15) is 0 Å². The maximum atomic E-state index is 11.6. The summed E-state index contributed by atoms with van der Waals surface area (Å²) in [6, 6.07) is 3.67. The third-order valence-corrected chi connectivity index (χ3v) is 4.58. The van der Waals surface area contributed by atoms with Gasteiger partial charge in [0.2, 0.25) is 0 Å². The number of aryl methyl sites for hydroxylation is 2. The first-order valence-electron chi connectivity index (χ1n) is 6.26. The molecule has 0 aliphatic carbocycles. The molecule has 0 saturated carbocycles. The number of aromatic amines is 1. The van der Waals surface area contributed by atoms with Crippen molar-refractivity contribution in [1.82, 2.24) is 15.3 Å². The molecule has 0 fully saturated rings. The molecule has 2 aromatic rings. The van der Waals surface area contributed by atoms with Crippen LogP contribution in [0.4, 0.5) is 0 Å². The van der Waals surface area contributed by atoms with Crippen molar-refractivity contribution in [1.29, 1.82) is 0 Å². The van der Waals surface area contributed by atoms with Crippen molar-refractivity contribution in [3.63, 3.8) is 0 Å². The zero-order valence-electron chi connectivity index (χ0n) is 11.7. The number of pyridine rings is 1. The fourth-order valence-electron chi connectivity index (χ4n) is 1.73. The van der Waals surface area contributed by atoms with E-state index < -0.39 is 0 Å². The third kappa shape index (κ3) is 3.11. The maximum absolute atomic E-state index is 11.6. The zero-order valence-corrected chi connectivity index (χ0v) is 12.5. The predicted molar refractivity (Wildman–Crippen MR) is 78.5 cm³/mol. The molecule has 0 atom stereocenters. The molecular weight excluding hydrogens is 258 g/mol. The Morgan fingerprint density at radius 1 is 1.42 bits per heavy atom. The summed E-state index contributed by atoms with van der Waals surface area (Å²) >= 11 is 1.70. The van der Waals surface area contributed by atoms with Gasteiger partial charge < -0.3 is 10.3 Å². The van der Waals surface area contributed by atoms with Gasteiger partial charge in [0.25, 0.3) is 5.56 Å². The highest BCUT2D eigenvalue weighted by Crippen LogP contribution is 2.27. The number of rotatable bonds is 4. The van der Waals surface area contributed by atoms with Crippen LogP contribution in [-0.4, -0.2) is 9.97 Å². The van der Waals surface area contributed by atoms with Gasteiger partial charge in [0.1, 0.15) is 5.01 Å². The van der Waals surface area contributed by atoms with E-state index in [2.05, 4.69) is 36.1 Å². The number of hydrogen-bond donors (Lipinski definition) is 2. The summed E-state index contributed by atoms with van der Waals surface area (Å²) in [7, 11) is 0. The molecule has 2 aromatic heterocycles. The van der Waals surface area contributed by atoms with E-state index in [0.717, 1.165) is 16.3 Å². The van der Waals surface area contributed by atoms with E-state index in [0.29, 0.717) is 6.54 Å². The minimum atomic E-state index is -0.244. The van der Waals surface area contributed by atoms with Gasteiger partial charge in [-0.25, -0.2) is 4.98 Å². The molecule has 0 radical (unpaired) electrons. The van der Waals surface area contributed by atoms with Crippen LogP contribution < -0.4 is 10.9 Å². The minimum Gasteiger partial charge on any atom is -0.329 e. The summed E-state index contributed by atoms with van der Waals surface area (Å²) < 4.78 is 0. The molecule has 4 nitrogen and oxygen atoms in total. The average molecular weight is 277 g/mol. The Hall–Kier alpha value is -1.46. The Balaban J connectivity index is 2.14. The Morgan fingerprint density at radius 3 is 2.74 bits per heavy atom. The molecule has 0 aliphatic heterocycles. The Labute approximate surface area is 116 Å². The smallest absolute Gasteiger partial charge is 0.252 e. The average Bonchev–Trinajstić information content (AvgIpc) is 2.70. The van der Waals surface area contributed by atoms with E-state index in [4.69, 9.17) is 0 Å². The van der Waals surface area contributed by atoms with Crippen molar-refractivity contribution >= 4 is 11.3 Å². The summed E-state index contributed by atoms with van der Waals surface area (Å²) in [6.07, 6.45) is 1.64. The standard InChI is InChI=1S/C14H19N3OS/c1-9-10(2)19-13(17-9)14(3,4)16-8-11-6-5-7-15-12(11)18/h5-7,16H,8H2,1-4H3,(H,15,18). The second kappa shape index (κ2) is 5.27. The normalized spacial score (nSPS) is 11.8. The lowest BCUT2D eigenvalue weighted by Gasteiger charge is -2.23. The number of H-pyrrole nitrogens is 1. The van der Waals surface area contributed by atoms with E-state index in [-0.39, 0.29) is 11.1 Å². The highest BCUT2D eigenvalue weighted by Gasteiger charge is 2.24. The molecule has 0 amide bonds. The van der Waals surface area contributed by atoms with Crippen LogP contribution in [0, 0.1) is 13.8 Å². The first kappa shape index (κ1) is 14.0. The van der Waals surface area contributed by atoms with Crippen molar-refractivity contribution in [2.24, 2.45) is 0 Å². The molecule has 102 valence electrons. The molecule has 0 spiro atoms. The molecule has 19 heavy (non-hydrogen) atoms. The van der Waals surface area contributed by atoms with Gasteiger partial charge in [-0.3, -0.25) is 4.79 Å². The Bertz CT molecular complexity index is 608. The predicted octanol–water partition coefficient (Wildman–Crippen LogP) is 2.47. The van der Waals surface area contributed by atoms with E-state index in [1.807, 2.05) is 19.1 Å². The van der Waals surface area contributed by atoms with Gasteiger partial charge in [0, 0.05) is 23.2 Å². The largest absolute Gasteiger partial charge is 0.329 e. The van der Waals surface area contributed by atoms with Crippen molar-refractivity contribution in [2.75, 3.05) is 0 Å². The summed E-state index contributed by atoms with van der Waals surface area (Å²) in [5.41, 5.74) is 1.52. The number of aromatic nitrogens is 2. The molecule has 2 rings (SSSR count). The lowest BCUT2D eigenvalue weighted by Crippen LogP contribution is -2.37. The van der Waals surface area contributed by atoms with Crippen molar-refractivity contribution in [3.8, 4) is 0 Å².